The number of carbonyl (C=O) groups is 2. The molecular weight excluding hydrogens is 876 g/mol. The zero-order valence-corrected chi connectivity index (χ0v) is 34.0. The van der Waals surface area contributed by atoms with E-state index in [0.29, 0.717) is 17.0 Å². The summed E-state index contributed by atoms with van der Waals surface area (Å²) < 4.78 is 59.5. The quantitative estimate of drug-likeness (QED) is 0.0359. The van der Waals surface area contributed by atoms with Gasteiger partial charge in [0.2, 0.25) is 5.91 Å². The van der Waals surface area contributed by atoms with E-state index < -0.39 is 102 Å². The van der Waals surface area contributed by atoms with Crippen LogP contribution in [0.4, 0.5) is 11.6 Å². The lowest BCUT2D eigenvalue weighted by Gasteiger charge is -2.26. The van der Waals surface area contributed by atoms with E-state index in [1.165, 1.54) is 23.0 Å². The van der Waals surface area contributed by atoms with Gasteiger partial charge in [-0.1, -0.05) is 29.8 Å². The van der Waals surface area contributed by atoms with Crippen LogP contribution in [0.1, 0.15) is 30.9 Å². The standard InChI is InChI=1S/C33H40ClN9O16P2/c1-2-3-4-22(44)40-18(11-16-5-7-17(34)8-6-16)32(47)58-26-19(56-31(24(26)45)43-15-39-23-28(36)37-14-38-29(23)43)13-55-61(52,53)59-27-20(12-54-60(49,50)51)57-30(25(27)46)42-10-9-21(35)41-33(42)48/h2,5-10,14-15,18-20,24-27,30-31,45-46H,1,3-4,11-13H2,(H,40,44)(H,52,53)(H2,35,41,48)(H2,36,37,38)(H2,49,50,51)/t18-,19+,20+,24+,25+,26+,27+,30+,31+/m0/s1. The number of hydrogen-bond acceptors (Lipinski definition) is 19. The number of hydrogen-bond donors (Lipinski definition) is 8. The van der Waals surface area contributed by atoms with Gasteiger partial charge < -0.3 is 55.9 Å². The maximum atomic E-state index is 13.9. The van der Waals surface area contributed by atoms with Crippen LogP contribution < -0.4 is 22.5 Å². The molecule has 0 saturated carbocycles. The molecule has 6 rings (SSSR count). The van der Waals surface area contributed by atoms with Gasteiger partial charge in [-0.3, -0.25) is 27.5 Å². The Labute approximate surface area is 349 Å². The summed E-state index contributed by atoms with van der Waals surface area (Å²) in [5, 5.41) is 25.8. The predicted molar refractivity (Wildman–Crippen MR) is 208 cm³/mol. The summed E-state index contributed by atoms with van der Waals surface area (Å²) in [5.41, 5.74) is 11.2. The van der Waals surface area contributed by atoms with Gasteiger partial charge in [-0.15, -0.1) is 6.58 Å². The lowest BCUT2D eigenvalue weighted by molar-refractivity contribution is -0.160. The first-order valence-electron chi connectivity index (χ1n) is 18.0. The number of nitrogens with two attached hydrogens (primary N) is 2. The van der Waals surface area contributed by atoms with Crippen molar-refractivity contribution in [2.75, 3.05) is 24.7 Å². The number of nitrogens with one attached hydrogen (secondary N) is 1. The summed E-state index contributed by atoms with van der Waals surface area (Å²) >= 11 is 6.03. The number of halogens is 1. The van der Waals surface area contributed by atoms with Crippen LogP contribution >= 0.6 is 27.2 Å². The van der Waals surface area contributed by atoms with Gasteiger partial charge in [-0.05, 0) is 30.2 Å². The van der Waals surface area contributed by atoms with Crippen molar-refractivity contribution in [3.05, 3.63) is 82.9 Å². The second kappa shape index (κ2) is 19.1. The van der Waals surface area contributed by atoms with E-state index in [2.05, 4.69) is 36.4 Å². The van der Waals surface area contributed by atoms with Crippen molar-refractivity contribution in [1.82, 2.24) is 34.4 Å². The summed E-state index contributed by atoms with van der Waals surface area (Å²) in [6, 6.07) is 6.23. The molecule has 0 aliphatic carbocycles. The zero-order valence-electron chi connectivity index (χ0n) is 31.5. The molecule has 330 valence electrons. The number of esters is 1. The topological polar surface area (TPSA) is 367 Å². The molecule has 0 bridgehead atoms. The van der Waals surface area contributed by atoms with E-state index >= 15 is 0 Å². The van der Waals surface area contributed by atoms with Gasteiger partial charge in [0, 0.05) is 24.1 Å². The SMILES string of the molecule is C=CCCC(=O)N[C@@H](Cc1ccc(Cl)cc1)C(=O)O[C@H]1[C@@H](O)[C@H](n2cnc3c(N)ncnc32)O[C@@H]1COP(=O)(O)O[C@H]1[C@@H](O)[C@H](n2ccc(N)nc2=O)O[C@@H]1COP(=O)(O)O. The zero-order chi connectivity index (χ0) is 44.2. The van der Waals surface area contributed by atoms with E-state index in [4.69, 9.17) is 46.3 Å². The van der Waals surface area contributed by atoms with Gasteiger partial charge in [0.05, 0.1) is 19.5 Å². The van der Waals surface area contributed by atoms with E-state index in [9.17, 15) is 48.4 Å². The van der Waals surface area contributed by atoms with Gasteiger partial charge in [-0.2, -0.15) is 4.98 Å². The average molecular weight is 916 g/mol. The second-order valence-electron chi connectivity index (χ2n) is 13.5. The number of anilines is 2. The highest BCUT2D eigenvalue weighted by atomic mass is 35.5. The van der Waals surface area contributed by atoms with Crippen molar-refractivity contribution in [3.63, 3.8) is 0 Å². The smallest absolute Gasteiger partial charge is 0.455 e. The molecule has 1 amide bonds. The maximum Gasteiger partial charge on any atom is 0.472 e. The summed E-state index contributed by atoms with van der Waals surface area (Å²) in [6.07, 6.45) is -8.82. The maximum absolute atomic E-state index is 13.9. The molecule has 1 unspecified atom stereocenters. The fourth-order valence-electron chi connectivity index (χ4n) is 6.41. The number of rotatable bonds is 18. The molecule has 4 aromatic rings. The molecule has 5 heterocycles. The van der Waals surface area contributed by atoms with Gasteiger partial charge in [-0.25, -0.2) is 33.7 Å². The highest BCUT2D eigenvalue weighted by Gasteiger charge is 2.52. The third-order valence-corrected chi connectivity index (χ3v) is 11.0. The Hall–Kier alpha value is -4.72. The number of carbonyl (C=O) groups excluding carboxylic acids is 2. The first kappa shape index (κ1) is 45.8. The van der Waals surface area contributed by atoms with E-state index in [1.54, 1.807) is 24.3 Å². The Morgan fingerprint density at radius 3 is 2.30 bits per heavy atom. The molecule has 2 aliphatic rings. The summed E-state index contributed by atoms with van der Waals surface area (Å²) in [6.45, 7) is 1.59. The summed E-state index contributed by atoms with van der Waals surface area (Å²) in [4.78, 5) is 84.6. The Kier molecular flexibility index (Phi) is 14.4. The molecule has 1 aromatic carbocycles. The normalized spacial score (nSPS) is 25.5. The molecule has 61 heavy (non-hydrogen) atoms. The Morgan fingerprint density at radius 2 is 1.62 bits per heavy atom. The minimum atomic E-state index is -5.42. The minimum Gasteiger partial charge on any atom is -0.455 e. The van der Waals surface area contributed by atoms with Crippen LogP contribution in [0.5, 0.6) is 0 Å². The van der Waals surface area contributed by atoms with Crippen LogP contribution in [0.25, 0.3) is 11.2 Å². The Bertz CT molecular complexity index is 2390. The number of nitrogens with zero attached hydrogens (tertiary/aromatic N) is 6. The second-order valence-corrected chi connectivity index (χ2v) is 16.6. The number of allylic oxidation sites excluding steroid dienone is 1. The number of benzene rings is 1. The molecule has 10 N–H and O–H groups in total. The number of phosphoric ester groups is 2. The van der Waals surface area contributed by atoms with E-state index in [0.717, 1.165) is 17.1 Å². The van der Waals surface area contributed by atoms with Crippen molar-refractivity contribution in [2.45, 2.75) is 74.4 Å². The molecular formula is C33H40ClN9O16P2. The molecule has 3 aromatic heterocycles. The predicted octanol–water partition coefficient (Wildman–Crippen LogP) is -0.365. The van der Waals surface area contributed by atoms with Gasteiger partial charge in [0.25, 0.3) is 0 Å². The van der Waals surface area contributed by atoms with Crippen molar-refractivity contribution < 1.29 is 71.4 Å². The molecule has 28 heteroatoms. The molecule has 0 spiro atoms. The number of phosphoric acid groups is 2. The van der Waals surface area contributed by atoms with Crippen LogP contribution in [0, 0.1) is 0 Å². The van der Waals surface area contributed by atoms with Gasteiger partial charge in [0.1, 0.15) is 54.2 Å². The average Bonchev–Trinajstić information content (AvgIpc) is 3.86. The largest absolute Gasteiger partial charge is 0.472 e. The molecule has 2 fully saturated rings. The number of aliphatic hydroxyl groups excluding tert-OH is 2. The van der Waals surface area contributed by atoms with Crippen LogP contribution in [0.15, 0.2) is 66.6 Å². The lowest BCUT2D eigenvalue weighted by Crippen LogP contribution is -2.47. The number of aliphatic hydroxyl groups is 2. The van der Waals surface area contributed by atoms with Crippen LogP contribution in [0.2, 0.25) is 5.02 Å². The molecule has 2 saturated heterocycles. The number of imidazole rings is 1. The molecule has 10 atom stereocenters. The number of nitrogen functional groups attached to an aromatic ring is 2. The number of fused-ring (bicyclic) bond motifs is 1. The monoisotopic (exact) mass is 915 g/mol. The van der Waals surface area contributed by atoms with Crippen molar-refractivity contribution in [1.29, 1.82) is 0 Å². The third kappa shape index (κ3) is 11.2. The number of aromatic nitrogens is 6. The van der Waals surface area contributed by atoms with Gasteiger partial charge in [0.15, 0.2) is 30.0 Å². The van der Waals surface area contributed by atoms with E-state index in [-0.39, 0.29) is 35.6 Å². The highest BCUT2D eigenvalue weighted by Crippen LogP contribution is 2.50. The van der Waals surface area contributed by atoms with Crippen LogP contribution in [0.3, 0.4) is 0 Å². The lowest BCUT2D eigenvalue weighted by atomic mass is 10.0. The van der Waals surface area contributed by atoms with Crippen LogP contribution in [-0.4, -0.2) is 122 Å². The molecule has 2 aliphatic heterocycles. The number of ether oxygens (including phenoxy) is 3. The fourth-order valence-corrected chi connectivity index (χ4v) is 7.84. The van der Waals surface area contributed by atoms with Gasteiger partial charge >= 0.3 is 27.3 Å². The first-order valence-corrected chi connectivity index (χ1v) is 21.4. The number of amides is 1. The summed E-state index contributed by atoms with van der Waals surface area (Å²) in [7, 11) is -10.6. The minimum absolute atomic E-state index is 0.0166. The van der Waals surface area contributed by atoms with Crippen molar-refractivity contribution >= 4 is 61.9 Å². The third-order valence-electron chi connectivity index (χ3n) is 9.27. The first-order chi connectivity index (χ1) is 28.8. The van der Waals surface area contributed by atoms with Crippen molar-refractivity contribution in [2.24, 2.45) is 0 Å². The van der Waals surface area contributed by atoms with E-state index in [1.807, 2.05) is 0 Å². The fraction of sp³-hybridized carbons (Fsp3) is 0.424. The highest BCUT2D eigenvalue weighted by molar-refractivity contribution is 7.47. The Morgan fingerprint density at radius 1 is 0.967 bits per heavy atom. The van der Waals surface area contributed by atoms with Crippen molar-refractivity contribution in [3.8, 4) is 0 Å². The molecule has 25 nitrogen and oxygen atoms in total. The summed E-state index contributed by atoms with van der Waals surface area (Å²) in [5.74, 6) is -1.79. The van der Waals surface area contributed by atoms with Crippen LogP contribution in [-0.2, 0) is 52.9 Å². The molecule has 0 radical (unpaired) electrons. The Balaban J connectivity index is 1.25.